The molecule has 0 saturated heterocycles. The summed E-state index contributed by atoms with van der Waals surface area (Å²) in [6.45, 7) is 2.01. The van der Waals surface area contributed by atoms with Crippen LogP contribution in [0.3, 0.4) is 0 Å². The van der Waals surface area contributed by atoms with Gasteiger partial charge in [-0.15, -0.1) is 11.3 Å². The van der Waals surface area contributed by atoms with Crippen LogP contribution in [0.5, 0.6) is 5.75 Å². The molecule has 5 rings (SSSR count). The first kappa shape index (κ1) is 24.2. The summed E-state index contributed by atoms with van der Waals surface area (Å²) in [6.07, 6.45) is 0. The Kier molecular flexibility index (Phi) is 6.80. The third-order valence-corrected chi connectivity index (χ3v) is 7.86. The van der Waals surface area contributed by atoms with Crippen molar-refractivity contribution >= 4 is 57.7 Å². The molecule has 2 heterocycles. The summed E-state index contributed by atoms with van der Waals surface area (Å²) in [5, 5.41) is 9.57. The zero-order valence-electron chi connectivity index (χ0n) is 18.5. The maximum atomic E-state index is 6.37. The Morgan fingerprint density at radius 3 is 2.00 bits per heavy atom. The fourth-order valence-corrected chi connectivity index (χ4v) is 5.18. The number of hydrogen-bond donors (Lipinski definition) is 0. The van der Waals surface area contributed by atoms with Crippen molar-refractivity contribution in [1.82, 2.24) is 14.8 Å². The first-order chi connectivity index (χ1) is 16.9. The first-order valence-electron chi connectivity index (χ1n) is 10.5. The highest BCUT2D eigenvalue weighted by molar-refractivity contribution is 7.12. The van der Waals surface area contributed by atoms with Crippen molar-refractivity contribution in [1.29, 1.82) is 0 Å². The van der Waals surface area contributed by atoms with Gasteiger partial charge in [-0.1, -0.05) is 58.5 Å². The van der Waals surface area contributed by atoms with E-state index in [9.17, 15) is 0 Å². The predicted octanol–water partition coefficient (Wildman–Crippen LogP) is 9.26. The summed E-state index contributed by atoms with van der Waals surface area (Å²) in [4.78, 5) is 4.88. The number of nitrogens with zero attached hydrogens (tertiary/aromatic N) is 3. The molecule has 0 radical (unpaired) electrons. The van der Waals surface area contributed by atoms with Crippen molar-refractivity contribution in [3.05, 3.63) is 91.7 Å². The van der Waals surface area contributed by atoms with Crippen molar-refractivity contribution in [3.8, 4) is 44.7 Å². The molecule has 9 heteroatoms. The molecule has 2 aromatic heterocycles. The quantitative estimate of drug-likeness (QED) is 0.215. The fourth-order valence-electron chi connectivity index (χ4n) is 3.79. The van der Waals surface area contributed by atoms with Crippen LogP contribution in [0.2, 0.25) is 20.1 Å². The topological polar surface area (TPSA) is 39.9 Å². The molecule has 0 fully saturated rings. The minimum atomic E-state index is 0.463. The Morgan fingerprint density at radius 2 is 1.37 bits per heavy atom. The van der Waals surface area contributed by atoms with Crippen LogP contribution >= 0.6 is 57.7 Å². The SMILES string of the molecule is COc1ccc(-c2csc(-n3nc(-c4ccc(Cl)c(Cl)c4)c(C)c3-c3ccc(Cl)c(Cl)c3)n2)cc1. The highest BCUT2D eigenvalue weighted by Gasteiger charge is 2.22. The standard InChI is InChI=1S/C26H17Cl4N3OS/c1-14-24(16-5-9-19(27)21(29)11-16)32-33(25(14)17-6-10-20(28)22(30)12-17)26-31-23(13-35-26)15-3-7-18(34-2)8-4-15/h3-13H,1-2H3. The molecule has 0 N–H and O–H groups in total. The molecule has 0 aliphatic rings. The number of benzene rings is 3. The van der Waals surface area contributed by atoms with Crippen LogP contribution in [-0.4, -0.2) is 21.9 Å². The van der Waals surface area contributed by atoms with Crippen LogP contribution < -0.4 is 4.74 Å². The molecule has 0 unspecified atom stereocenters. The van der Waals surface area contributed by atoms with Gasteiger partial charge < -0.3 is 4.74 Å². The van der Waals surface area contributed by atoms with Crippen molar-refractivity contribution in [3.63, 3.8) is 0 Å². The first-order valence-corrected chi connectivity index (χ1v) is 12.9. The Hall–Kier alpha value is -2.54. The molecule has 5 aromatic rings. The molecule has 0 saturated carbocycles. The van der Waals surface area contributed by atoms with Gasteiger partial charge in [0.1, 0.15) is 5.75 Å². The van der Waals surface area contributed by atoms with Crippen LogP contribution in [0.4, 0.5) is 0 Å². The van der Waals surface area contributed by atoms with Gasteiger partial charge in [0.2, 0.25) is 5.13 Å². The third-order valence-electron chi connectivity index (χ3n) is 5.57. The molecule has 176 valence electrons. The van der Waals surface area contributed by atoms with Gasteiger partial charge in [0.25, 0.3) is 0 Å². The fraction of sp³-hybridized carbons (Fsp3) is 0.0769. The van der Waals surface area contributed by atoms with Crippen molar-refractivity contribution in [2.24, 2.45) is 0 Å². The molecular weight excluding hydrogens is 544 g/mol. The van der Waals surface area contributed by atoms with Crippen molar-refractivity contribution < 1.29 is 4.74 Å². The molecular formula is C26H17Cl4N3OS. The van der Waals surface area contributed by atoms with E-state index < -0.39 is 0 Å². The zero-order valence-corrected chi connectivity index (χ0v) is 22.4. The number of ether oxygens (including phenoxy) is 1. The number of hydrogen-bond acceptors (Lipinski definition) is 4. The molecule has 0 atom stereocenters. The average Bonchev–Trinajstić information content (AvgIpc) is 3.48. The lowest BCUT2D eigenvalue weighted by Gasteiger charge is -2.07. The Balaban J connectivity index is 1.67. The van der Waals surface area contributed by atoms with Crippen LogP contribution in [0.15, 0.2) is 66.0 Å². The van der Waals surface area contributed by atoms with Gasteiger partial charge in [0, 0.05) is 27.6 Å². The van der Waals surface area contributed by atoms with E-state index in [2.05, 4.69) is 0 Å². The second-order valence-corrected chi connectivity index (χ2v) is 10.2. The Labute approximate surface area is 226 Å². The van der Waals surface area contributed by atoms with Crippen molar-refractivity contribution in [2.75, 3.05) is 7.11 Å². The third kappa shape index (κ3) is 4.67. The lowest BCUT2D eigenvalue weighted by molar-refractivity contribution is 0.415. The second-order valence-electron chi connectivity index (χ2n) is 7.74. The number of methoxy groups -OCH3 is 1. The van der Waals surface area contributed by atoms with Crippen LogP contribution in [-0.2, 0) is 0 Å². The monoisotopic (exact) mass is 559 g/mol. The molecule has 4 nitrogen and oxygen atoms in total. The summed E-state index contributed by atoms with van der Waals surface area (Å²) in [6, 6.07) is 18.8. The molecule has 0 amide bonds. The largest absolute Gasteiger partial charge is 0.497 e. The lowest BCUT2D eigenvalue weighted by atomic mass is 10.0. The molecule has 0 aliphatic carbocycles. The minimum Gasteiger partial charge on any atom is -0.497 e. The number of halogens is 4. The zero-order chi connectivity index (χ0) is 24.7. The lowest BCUT2D eigenvalue weighted by Crippen LogP contribution is -1.99. The van der Waals surface area contributed by atoms with Gasteiger partial charge in [-0.05, 0) is 55.5 Å². The van der Waals surface area contributed by atoms with Crippen LogP contribution in [0.25, 0.3) is 38.9 Å². The summed E-state index contributed by atoms with van der Waals surface area (Å²) in [5.41, 5.74) is 6.13. The predicted molar refractivity (Wildman–Crippen MR) is 147 cm³/mol. The molecule has 3 aromatic carbocycles. The number of rotatable bonds is 5. The highest BCUT2D eigenvalue weighted by atomic mass is 35.5. The van der Waals surface area contributed by atoms with Gasteiger partial charge in [-0.25, -0.2) is 9.67 Å². The van der Waals surface area contributed by atoms with Gasteiger partial charge in [-0.2, -0.15) is 5.10 Å². The number of thiazole rings is 1. The van der Waals surface area contributed by atoms with Crippen LogP contribution in [0.1, 0.15) is 5.56 Å². The van der Waals surface area contributed by atoms with Gasteiger partial charge in [0.15, 0.2) is 0 Å². The van der Waals surface area contributed by atoms with Gasteiger partial charge in [-0.3, -0.25) is 0 Å². The summed E-state index contributed by atoms with van der Waals surface area (Å²) < 4.78 is 7.10. The Morgan fingerprint density at radius 1 is 0.771 bits per heavy atom. The average molecular weight is 561 g/mol. The van der Waals surface area contributed by atoms with E-state index >= 15 is 0 Å². The molecule has 0 bridgehead atoms. The van der Waals surface area contributed by atoms with E-state index in [-0.39, 0.29) is 0 Å². The van der Waals surface area contributed by atoms with E-state index in [4.69, 9.17) is 61.2 Å². The number of aromatic nitrogens is 3. The molecule has 35 heavy (non-hydrogen) atoms. The molecule has 0 aliphatic heterocycles. The van der Waals surface area contributed by atoms with Gasteiger partial charge in [0.05, 0.1) is 44.3 Å². The van der Waals surface area contributed by atoms with E-state index in [1.807, 2.05) is 65.5 Å². The summed E-state index contributed by atoms with van der Waals surface area (Å²) >= 11 is 26.5. The van der Waals surface area contributed by atoms with E-state index in [0.29, 0.717) is 25.2 Å². The smallest absolute Gasteiger partial charge is 0.211 e. The van der Waals surface area contributed by atoms with E-state index in [1.165, 1.54) is 11.3 Å². The van der Waals surface area contributed by atoms with E-state index in [1.54, 1.807) is 19.2 Å². The Bertz CT molecular complexity index is 1540. The van der Waals surface area contributed by atoms with Crippen molar-refractivity contribution in [2.45, 2.75) is 6.92 Å². The van der Waals surface area contributed by atoms with Crippen LogP contribution in [0, 0.1) is 6.92 Å². The van der Waals surface area contributed by atoms with E-state index in [0.717, 1.165) is 45.1 Å². The summed E-state index contributed by atoms with van der Waals surface area (Å²) in [5.74, 6) is 0.792. The minimum absolute atomic E-state index is 0.463. The molecule has 0 spiro atoms. The maximum Gasteiger partial charge on any atom is 0.211 e. The normalized spacial score (nSPS) is 11.1. The summed E-state index contributed by atoms with van der Waals surface area (Å²) in [7, 11) is 1.64. The highest BCUT2D eigenvalue weighted by Crippen LogP contribution is 2.38. The van der Waals surface area contributed by atoms with Gasteiger partial charge >= 0.3 is 0 Å². The maximum absolute atomic E-state index is 6.37. The second kappa shape index (κ2) is 9.84.